The molecule has 5 nitrogen and oxygen atoms in total. The predicted molar refractivity (Wildman–Crippen MR) is 114 cm³/mol. The van der Waals surface area contributed by atoms with Gasteiger partial charge in [-0.2, -0.15) is 25.3 Å². The van der Waals surface area contributed by atoms with Crippen LogP contribution in [-0.2, 0) is 14.8 Å². The number of carbonyl (C=O) groups excluding carboxylic acids is 1. The van der Waals surface area contributed by atoms with Crippen LogP contribution in [-0.4, -0.2) is 53.7 Å². The highest BCUT2D eigenvalue weighted by Gasteiger charge is 2.51. The van der Waals surface area contributed by atoms with E-state index in [0.717, 1.165) is 31.4 Å². The van der Waals surface area contributed by atoms with Crippen molar-refractivity contribution in [2.45, 2.75) is 65.0 Å². The summed E-state index contributed by atoms with van der Waals surface area (Å²) in [5.74, 6) is 1.63. The average molecular weight is 421 g/mol. The number of thiol groups is 2. The Balaban J connectivity index is 2.32. The molecular weight excluding hydrogens is 388 g/mol. The van der Waals surface area contributed by atoms with E-state index in [2.05, 4.69) is 44.1 Å². The third-order valence-corrected chi connectivity index (χ3v) is 8.36. The summed E-state index contributed by atoms with van der Waals surface area (Å²) in [6.07, 6.45) is 4.03. The van der Waals surface area contributed by atoms with Gasteiger partial charge in [0.05, 0.1) is 11.8 Å². The van der Waals surface area contributed by atoms with Crippen LogP contribution in [0.3, 0.4) is 0 Å². The van der Waals surface area contributed by atoms with Gasteiger partial charge < -0.3 is 0 Å². The molecule has 4 atom stereocenters. The fourth-order valence-corrected chi connectivity index (χ4v) is 6.92. The van der Waals surface area contributed by atoms with Crippen LogP contribution in [0.25, 0.3) is 0 Å². The van der Waals surface area contributed by atoms with Crippen LogP contribution in [0.5, 0.6) is 0 Å². The van der Waals surface area contributed by atoms with Gasteiger partial charge in [0.2, 0.25) is 10.0 Å². The molecule has 0 radical (unpaired) electrons. The van der Waals surface area contributed by atoms with Gasteiger partial charge in [-0.1, -0.05) is 27.2 Å². The maximum atomic E-state index is 13.2. The molecule has 2 rings (SSSR count). The van der Waals surface area contributed by atoms with Gasteiger partial charge in [-0.15, -0.1) is 0 Å². The molecule has 1 aliphatic heterocycles. The number of hydrogen-bond donors (Lipinski definition) is 2. The molecule has 1 heterocycles. The van der Waals surface area contributed by atoms with Crippen molar-refractivity contribution in [3.63, 3.8) is 0 Å². The molecule has 150 valence electrons. The van der Waals surface area contributed by atoms with Crippen molar-refractivity contribution in [2.75, 3.05) is 17.3 Å². The van der Waals surface area contributed by atoms with Crippen molar-refractivity contribution in [3.8, 4) is 0 Å². The van der Waals surface area contributed by atoms with Gasteiger partial charge in [-0.3, -0.25) is 9.79 Å². The lowest BCUT2D eigenvalue weighted by molar-refractivity contribution is -0.130. The lowest BCUT2D eigenvalue weighted by Crippen LogP contribution is -2.47. The van der Waals surface area contributed by atoms with Gasteiger partial charge in [0.1, 0.15) is 6.04 Å². The molecule has 1 saturated heterocycles. The van der Waals surface area contributed by atoms with Crippen LogP contribution in [0.15, 0.2) is 4.99 Å². The Morgan fingerprint density at radius 2 is 1.88 bits per heavy atom. The normalized spacial score (nSPS) is 28.7. The Morgan fingerprint density at radius 1 is 1.23 bits per heavy atom. The van der Waals surface area contributed by atoms with Gasteiger partial charge in [0, 0.05) is 17.2 Å². The zero-order chi connectivity index (χ0) is 19.5. The van der Waals surface area contributed by atoms with E-state index in [1.165, 1.54) is 4.31 Å². The Bertz CT molecular complexity index is 628. The molecule has 0 aromatic heterocycles. The lowest BCUT2D eigenvalue weighted by Gasteiger charge is -2.37. The van der Waals surface area contributed by atoms with Crippen LogP contribution < -0.4 is 0 Å². The second-order valence-electron chi connectivity index (χ2n) is 7.87. The van der Waals surface area contributed by atoms with Crippen molar-refractivity contribution >= 4 is 46.9 Å². The van der Waals surface area contributed by atoms with Crippen LogP contribution in [0, 0.1) is 17.8 Å². The zero-order valence-corrected chi connectivity index (χ0v) is 18.6. The van der Waals surface area contributed by atoms with Crippen molar-refractivity contribution in [2.24, 2.45) is 22.7 Å². The Hall–Kier alpha value is -0.210. The van der Waals surface area contributed by atoms with Gasteiger partial charge in [-0.25, -0.2) is 12.7 Å². The van der Waals surface area contributed by atoms with Gasteiger partial charge in [0.15, 0.2) is 0 Å². The molecule has 0 spiro atoms. The first-order chi connectivity index (χ1) is 12.2. The van der Waals surface area contributed by atoms with Crippen LogP contribution >= 0.6 is 25.3 Å². The molecule has 2 aliphatic rings. The first-order valence-electron chi connectivity index (χ1n) is 9.58. The minimum atomic E-state index is -3.55. The van der Waals surface area contributed by atoms with E-state index in [1.54, 1.807) is 0 Å². The topological polar surface area (TPSA) is 66.8 Å². The average Bonchev–Trinajstić information content (AvgIpc) is 2.86. The van der Waals surface area contributed by atoms with E-state index in [-0.39, 0.29) is 23.6 Å². The molecule has 1 aliphatic carbocycles. The van der Waals surface area contributed by atoms with E-state index in [9.17, 15) is 13.2 Å². The molecule has 1 amide bonds. The number of sulfonamides is 1. The maximum Gasteiger partial charge on any atom is 0.261 e. The van der Waals surface area contributed by atoms with E-state index in [0.29, 0.717) is 29.8 Å². The first-order valence-corrected chi connectivity index (χ1v) is 12.5. The number of carbonyl (C=O) groups is 1. The molecule has 2 unspecified atom stereocenters. The molecule has 0 bridgehead atoms. The summed E-state index contributed by atoms with van der Waals surface area (Å²) in [6, 6.07) is -0.846. The molecule has 2 fully saturated rings. The van der Waals surface area contributed by atoms with Crippen LogP contribution in [0.2, 0.25) is 0 Å². The monoisotopic (exact) mass is 420 g/mol. The standard InChI is InChI=1S/C18H32N2O3S3/c1-4-5-16(19-15(9-24)10-25)18(21)20-17-8-13(12(2)3)6-7-14(17)11-26(20,22)23/h12-14,16-17,24-25H,4-11H2,1-3H3/t13?,14-,16-,17?/m0/s1. The van der Waals surface area contributed by atoms with Crippen molar-refractivity contribution < 1.29 is 13.2 Å². The second-order valence-corrected chi connectivity index (χ2v) is 10.4. The number of rotatable bonds is 7. The maximum absolute atomic E-state index is 13.2. The summed E-state index contributed by atoms with van der Waals surface area (Å²) >= 11 is 8.47. The predicted octanol–water partition coefficient (Wildman–Crippen LogP) is 3.07. The molecule has 0 N–H and O–H groups in total. The van der Waals surface area contributed by atoms with E-state index >= 15 is 0 Å². The van der Waals surface area contributed by atoms with E-state index in [4.69, 9.17) is 0 Å². The summed E-state index contributed by atoms with van der Waals surface area (Å²) in [6.45, 7) is 6.33. The number of amides is 1. The quantitative estimate of drug-likeness (QED) is 0.491. The SMILES string of the molecule is CCC[C@H](N=C(CS)CS)C(=O)N1C2CC(C(C)C)CC[C@H]2CS1(=O)=O. The highest BCUT2D eigenvalue weighted by Crippen LogP contribution is 2.42. The van der Waals surface area contributed by atoms with Gasteiger partial charge >= 0.3 is 0 Å². The highest BCUT2D eigenvalue weighted by atomic mass is 32.2. The Morgan fingerprint density at radius 3 is 2.42 bits per heavy atom. The van der Waals surface area contributed by atoms with Crippen molar-refractivity contribution in [3.05, 3.63) is 0 Å². The second kappa shape index (κ2) is 9.32. The fourth-order valence-electron chi connectivity index (χ4n) is 4.20. The molecule has 26 heavy (non-hydrogen) atoms. The summed E-state index contributed by atoms with van der Waals surface area (Å²) in [4.78, 5) is 17.8. The van der Waals surface area contributed by atoms with Crippen molar-refractivity contribution in [1.82, 2.24) is 4.31 Å². The van der Waals surface area contributed by atoms with E-state index < -0.39 is 16.1 Å². The summed E-state index contributed by atoms with van der Waals surface area (Å²) in [5.41, 5.74) is 0.723. The molecule has 0 aromatic carbocycles. The van der Waals surface area contributed by atoms with Crippen LogP contribution in [0.4, 0.5) is 0 Å². The van der Waals surface area contributed by atoms with Gasteiger partial charge in [0.25, 0.3) is 5.91 Å². The number of aliphatic imine (C=N–C) groups is 1. The first kappa shape index (κ1) is 22.1. The smallest absolute Gasteiger partial charge is 0.261 e. The number of fused-ring (bicyclic) bond motifs is 1. The summed E-state index contributed by atoms with van der Waals surface area (Å²) < 4.78 is 26.8. The zero-order valence-electron chi connectivity index (χ0n) is 16.0. The van der Waals surface area contributed by atoms with Crippen LogP contribution in [0.1, 0.15) is 52.9 Å². The van der Waals surface area contributed by atoms with Crippen molar-refractivity contribution in [1.29, 1.82) is 0 Å². The molecule has 8 heteroatoms. The fraction of sp³-hybridized carbons (Fsp3) is 0.889. The minimum absolute atomic E-state index is 0.0689. The van der Waals surface area contributed by atoms with Gasteiger partial charge in [-0.05, 0) is 43.4 Å². The largest absolute Gasteiger partial charge is 0.279 e. The molecule has 0 aromatic rings. The number of nitrogens with zero attached hydrogens (tertiary/aromatic N) is 2. The lowest BCUT2D eigenvalue weighted by atomic mass is 9.74. The third-order valence-electron chi connectivity index (χ3n) is 5.73. The summed E-state index contributed by atoms with van der Waals surface area (Å²) in [7, 11) is -3.55. The third kappa shape index (κ3) is 4.79. The highest BCUT2D eigenvalue weighted by molar-refractivity contribution is 7.89. The van der Waals surface area contributed by atoms with E-state index in [1.807, 2.05) is 6.92 Å². The summed E-state index contributed by atoms with van der Waals surface area (Å²) in [5, 5.41) is 0. The molecular formula is C18H32N2O3S3. The molecule has 1 saturated carbocycles. The Kier molecular flexibility index (Phi) is 7.92. The Labute approximate surface area is 169 Å². The minimum Gasteiger partial charge on any atom is -0.279 e. The number of hydrogen-bond acceptors (Lipinski definition) is 6.